The van der Waals surface area contributed by atoms with Crippen molar-refractivity contribution in [3.05, 3.63) is 95.8 Å². The molecular formula is C24H25FO2. The van der Waals surface area contributed by atoms with Crippen molar-refractivity contribution >= 4 is 0 Å². The normalized spacial score (nSPS) is 13.1. The van der Waals surface area contributed by atoms with Gasteiger partial charge in [0.1, 0.15) is 17.3 Å². The van der Waals surface area contributed by atoms with Gasteiger partial charge >= 0.3 is 0 Å². The molecule has 0 aliphatic heterocycles. The third-order valence-electron chi connectivity index (χ3n) is 4.89. The van der Waals surface area contributed by atoms with Gasteiger partial charge in [0, 0.05) is 5.41 Å². The Hall–Kier alpha value is -2.65. The van der Waals surface area contributed by atoms with Gasteiger partial charge < -0.3 is 9.47 Å². The molecule has 1 unspecified atom stereocenters. The molecule has 0 spiro atoms. The number of hydrogen-bond acceptors (Lipinski definition) is 2. The zero-order valence-corrected chi connectivity index (χ0v) is 15.8. The van der Waals surface area contributed by atoms with Gasteiger partial charge in [0.25, 0.3) is 0 Å². The molecule has 1 atom stereocenters. The maximum Gasteiger partial charge on any atom is 0.127 e. The lowest BCUT2D eigenvalue weighted by atomic mass is 9.81. The second kappa shape index (κ2) is 8.83. The summed E-state index contributed by atoms with van der Waals surface area (Å²) in [6, 6.07) is 24.3. The van der Waals surface area contributed by atoms with Crippen molar-refractivity contribution in [2.75, 3.05) is 6.61 Å². The van der Waals surface area contributed by atoms with Crippen molar-refractivity contribution in [3.63, 3.8) is 0 Å². The Bertz CT molecular complexity index is 846. The molecule has 3 aromatic rings. The van der Waals surface area contributed by atoms with Gasteiger partial charge in [-0.3, -0.25) is 0 Å². The average molecular weight is 364 g/mol. The van der Waals surface area contributed by atoms with Crippen LogP contribution in [0.4, 0.5) is 4.39 Å². The molecule has 0 bridgehead atoms. The summed E-state index contributed by atoms with van der Waals surface area (Å²) in [5.74, 6) is 1.39. The predicted octanol–water partition coefficient (Wildman–Crippen LogP) is 6.50. The SMILES string of the molecule is CCC(C)(COCc1cccc(Oc2ccccc2)c1)c1ccc(F)cc1. The van der Waals surface area contributed by atoms with Crippen LogP contribution < -0.4 is 4.74 Å². The Morgan fingerprint density at radius 3 is 2.26 bits per heavy atom. The lowest BCUT2D eigenvalue weighted by Crippen LogP contribution is -2.27. The van der Waals surface area contributed by atoms with Gasteiger partial charge in [-0.2, -0.15) is 0 Å². The molecule has 27 heavy (non-hydrogen) atoms. The Balaban J connectivity index is 1.61. The van der Waals surface area contributed by atoms with E-state index in [4.69, 9.17) is 9.47 Å². The van der Waals surface area contributed by atoms with Gasteiger partial charge in [0.05, 0.1) is 13.2 Å². The number of benzene rings is 3. The fourth-order valence-corrected chi connectivity index (χ4v) is 2.96. The minimum atomic E-state index is -0.214. The molecule has 0 aromatic heterocycles. The van der Waals surface area contributed by atoms with Gasteiger partial charge in [-0.05, 0) is 53.9 Å². The van der Waals surface area contributed by atoms with Gasteiger partial charge in [0.15, 0.2) is 0 Å². The molecule has 0 saturated carbocycles. The van der Waals surface area contributed by atoms with Crippen LogP contribution in [0.1, 0.15) is 31.4 Å². The van der Waals surface area contributed by atoms with Crippen molar-refractivity contribution in [2.24, 2.45) is 0 Å². The lowest BCUT2D eigenvalue weighted by Gasteiger charge is -2.28. The third kappa shape index (κ3) is 5.18. The second-order valence-electron chi connectivity index (χ2n) is 6.98. The molecule has 0 aliphatic carbocycles. The van der Waals surface area contributed by atoms with Crippen molar-refractivity contribution in [1.82, 2.24) is 0 Å². The molecule has 3 heteroatoms. The van der Waals surface area contributed by atoms with Gasteiger partial charge in [-0.15, -0.1) is 0 Å². The number of para-hydroxylation sites is 1. The van der Waals surface area contributed by atoms with Crippen molar-refractivity contribution < 1.29 is 13.9 Å². The highest BCUT2D eigenvalue weighted by molar-refractivity contribution is 5.33. The highest BCUT2D eigenvalue weighted by atomic mass is 19.1. The first-order valence-electron chi connectivity index (χ1n) is 9.25. The van der Waals surface area contributed by atoms with E-state index in [2.05, 4.69) is 13.8 Å². The largest absolute Gasteiger partial charge is 0.457 e. The molecule has 3 aromatic carbocycles. The summed E-state index contributed by atoms with van der Waals surface area (Å²) in [4.78, 5) is 0. The molecule has 3 rings (SSSR count). The first kappa shape index (κ1) is 19.1. The zero-order valence-electron chi connectivity index (χ0n) is 15.8. The minimum absolute atomic E-state index is 0.147. The van der Waals surface area contributed by atoms with Gasteiger partial charge in [0.2, 0.25) is 0 Å². The quantitative estimate of drug-likeness (QED) is 0.454. The van der Waals surface area contributed by atoms with Crippen LogP contribution in [0.5, 0.6) is 11.5 Å². The average Bonchev–Trinajstić information content (AvgIpc) is 2.69. The Kier molecular flexibility index (Phi) is 6.25. The molecule has 0 fully saturated rings. The number of halogens is 1. The summed E-state index contributed by atoms with van der Waals surface area (Å²) in [6.07, 6.45) is 0.912. The van der Waals surface area contributed by atoms with E-state index in [0.29, 0.717) is 13.2 Å². The van der Waals surface area contributed by atoms with Crippen LogP contribution in [0.25, 0.3) is 0 Å². The van der Waals surface area contributed by atoms with Crippen LogP contribution in [0, 0.1) is 5.82 Å². The lowest BCUT2D eigenvalue weighted by molar-refractivity contribution is 0.0747. The van der Waals surface area contributed by atoms with Crippen LogP contribution in [0.15, 0.2) is 78.9 Å². The van der Waals surface area contributed by atoms with Gasteiger partial charge in [-0.25, -0.2) is 4.39 Å². The van der Waals surface area contributed by atoms with Crippen LogP contribution in [0.3, 0.4) is 0 Å². The van der Waals surface area contributed by atoms with E-state index in [0.717, 1.165) is 29.0 Å². The summed E-state index contributed by atoms with van der Waals surface area (Å²) in [5.41, 5.74) is 2.00. The molecule has 0 N–H and O–H groups in total. The van der Waals surface area contributed by atoms with Crippen LogP contribution in [-0.2, 0) is 16.8 Å². The van der Waals surface area contributed by atoms with Crippen LogP contribution in [0.2, 0.25) is 0 Å². The first-order valence-corrected chi connectivity index (χ1v) is 9.25. The van der Waals surface area contributed by atoms with Crippen molar-refractivity contribution in [3.8, 4) is 11.5 Å². The van der Waals surface area contributed by atoms with Crippen molar-refractivity contribution in [2.45, 2.75) is 32.3 Å². The molecule has 0 aliphatic rings. The highest BCUT2D eigenvalue weighted by Gasteiger charge is 2.25. The molecule has 0 saturated heterocycles. The maximum absolute atomic E-state index is 13.2. The van der Waals surface area contributed by atoms with E-state index in [1.54, 1.807) is 0 Å². The van der Waals surface area contributed by atoms with E-state index in [1.807, 2.05) is 66.7 Å². The summed E-state index contributed by atoms with van der Waals surface area (Å²) in [7, 11) is 0. The summed E-state index contributed by atoms with van der Waals surface area (Å²) in [5, 5.41) is 0. The summed E-state index contributed by atoms with van der Waals surface area (Å²) in [6.45, 7) is 5.35. The summed E-state index contributed by atoms with van der Waals surface area (Å²) < 4.78 is 25.1. The van der Waals surface area contributed by atoms with E-state index in [9.17, 15) is 4.39 Å². The smallest absolute Gasteiger partial charge is 0.127 e. The van der Waals surface area contributed by atoms with Crippen molar-refractivity contribution in [1.29, 1.82) is 0 Å². The van der Waals surface area contributed by atoms with E-state index in [-0.39, 0.29) is 11.2 Å². The highest BCUT2D eigenvalue weighted by Crippen LogP contribution is 2.29. The number of hydrogen-bond donors (Lipinski definition) is 0. The Labute approximate surface area is 160 Å². The predicted molar refractivity (Wildman–Crippen MR) is 107 cm³/mol. The monoisotopic (exact) mass is 364 g/mol. The molecule has 140 valence electrons. The molecule has 0 radical (unpaired) electrons. The first-order chi connectivity index (χ1) is 13.1. The topological polar surface area (TPSA) is 18.5 Å². The molecule has 0 amide bonds. The summed E-state index contributed by atoms with van der Waals surface area (Å²) >= 11 is 0. The fourth-order valence-electron chi connectivity index (χ4n) is 2.96. The molecular weight excluding hydrogens is 339 g/mol. The Morgan fingerprint density at radius 2 is 1.56 bits per heavy atom. The zero-order chi connectivity index (χ0) is 19.1. The standard InChI is InChI=1S/C24H25FO2/c1-3-24(2,20-12-14-21(25)15-13-20)18-26-17-19-8-7-11-23(16-19)27-22-9-5-4-6-10-22/h4-16H,3,17-18H2,1-2H3. The van der Waals surface area contributed by atoms with Crippen LogP contribution in [-0.4, -0.2) is 6.61 Å². The fraction of sp³-hybridized carbons (Fsp3) is 0.250. The Morgan fingerprint density at radius 1 is 0.852 bits per heavy atom. The van der Waals surface area contributed by atoms with E-state index >= 15 is 0 Å². The second-order valence-corrected chi connectivity index (χ2v) is 6.98. The van der Waals surface area contributed by atoms with Crippen LogP contribution >= 0.6 is 0 Å². The number of ether oxygens (including phenoxy) is 2. The minimum Gasteiger partial charge on any atom is -0.457 e. The molecule has 0 heterocycles. The van der Waals surface area contributed by atoms with E-state index in [1.165, 1.54) is 12.1 Å². The number of rotatable bonds is 8. The van der Waals surface area contributed by atoms with Gasteiger partial charge in [-0.1, -0.05) is 56.3 Å². The molecule has 2 nitrogen and oxygen atoms in total. The van der Waals surface area contributed by atoms with E-state index < -0.39 is 0 Å². The third-order valence-corrected chi connectivity index (χ3v) is 4.89. The maximum atomic E-state index is 13.2.